The van der Waals surface area contributed by atoms with Crippen molar-refractivity contribution in [2.45, 2.75) is 57.0 Å². The van der Waals surface area contributed by atoms with Gasteiger partial charge in [-0.15, -0.1) is 0 Å². The highest BCUT2D eigenvalue weighted by Gasteiger charge is 2.45. The molecule has 1 amide bonds. The number of likely N-dealkylation sites (tertiary alicyclic amines) is 1. The first kappa shape index (κ1) is 19.0. The summed E-state index contributed by atoms with van der Waals surface area (Å²) in [5, 5.41) is 7.23. The van der Waals surface area contributed by atoms with Gasteiger partial charge in [0.15, 0.2) is 5.82 Å². The third-order valence-corrected chi connectivity index (χ3v) is 6.45. The lowest BCUT2D eigenvalue weighted by Crippen LogP contribution is -2.62. The first-order chi connectivity index (χ1) is 14.6. The maximum Gasteiger partial charge on any atom is 0.255 e. The third kappa shape index (κ3) is 3.53. The molecule has 30 heavy (non-hydrogen) atoms. The number of fused-ring (bicyclic) bond motifs is 1. The van der Waals surface area contributed by atoms with Gasteiger partial charge in [0.1, 0.15) is 11.4 Å². The number of aromatic nitrogens is 2. The lowest BCUT2D eigenvalue weighted by molar-refractivity contribution is 0.0694. The van der Waals surface area contributed by atoms with Crippen LogP contribution in [0.15, 0.2) is 41.7 Å². The molecular weight excluding hydrogens is 376 g/mol. The number of amidine groups is 1. The molecule has 0 aromatic carbocycles. The Hall–Kier alpha value is -2.96. The number of hydrogen-bond acceptors (Lipinski definition) is 5. The number of pyridine rings is 2. The minimum Gasteiger partial charge on any atom is -0.368 e. The summed E-state index contributed by atoms with van der Waals surface area (Å²) in [5.74, 6) is 1.77. The van der Waals surface area contributed by atoms with Gasteiger partial charge < -0.3 is 15.5 Å². The molecule has 4 heterocycles. The largest absolute Gasteiger partial charge is 0.368 e. The van der Waals surface area contributed by atoms with Crippen LogP contribution in [-0.2, 0) is 0 Å². The molecule has 2 N–H and O–H groups in total. The van der Waals surface area contributed by atoms with E-state index in [4.69, 9.17) is 4.99 Å². The fraction of sp³-hybridized carbons (Fsp3) is 0.478. The summed E-state index contributed by atoms with van der Waals surface area (Å²) in [6.07, 6.45) is 10.1. The molecule has 1 saturated heterocycles. The highest BCUT2D eigenvalue weighted by molar-refractivity contribution is 6.09. The first-order valence-corrected chi connectivity index (χ1v) is 10.9. The number of piperidine rings is 1. The number of carbonyl (C=O) groups excluding carboxylic acids is 1. The van der Waals surface area contributed by atoms with E-state index >= 15 is 0 Å². The molecule has 0 bridgehead atoms. The van der Waals surface area contributed by atoms with E-state index in [1.807, 2.05) is 36.1 Å². The Balaban J connectivity index is 1.47. The van der Waals surface area contributed by atoms with Gasteiger partial charge in [0.2, 0.25) is 0 Å². The van der Waals surface area contributed by atoms with E-state index in [2.05, 4.69) is 20.6 Å². The van der Waals surface area contributed by atoms with Gasteiger partial charge in [-0.25, -0.2) is 4.98 Å². The van der Waals surface area contributed by atoms with Crippen LogP contribution in [0.1, 0.15) is 54.6 Å². The Bertz CT molecular complexity index is 966. The van der Waals surface area contributed by atoms with Crippen molar-refractivity contribution in [3.8, 4) is 0 Å². The number of nitrogens with zero attached hydrogens (tertiary/aromatic N) is 4. The van der Waals surface area contributed by atoms with Crippen LogP contribution in [0, 0.1) is 6.92 Å². The molecule has 7 nitrogen and oxygen atoms in total. The Kier molecular flexibility index (Phi) is 4.89. The number of carbonyl (C=O) groups is 1. The van der Waals surface area contributed by atoms with E-state index in [-0.39, 0.29) is 5.91 Å². The minimum absolute atomic E-state index is 0.0283. The molecule has 0 radical (unpaired) electrons. The van der Waals surface area contributed by atoms with Crippen molar-refractivity contribution >= 4 is 23.2 Å². The van der Waals surface area contributed by atoms with E-state index < -0.39 is 5.54 Å². The molecular formula is C23H28N6O. The first-order valence-electron chi connectivity index (χ1n) is 10.9. The average Bonchev–Trinajstić information content (AvgIpc) is 3.28. The molecule has 1 unspecified atom stereocenters. The number of anilines is 2. The maximum absolute atomic E-state index is 13.2. The molecule has 7 heteroatoms. The van der Waals surface area contributed by atoms with Crippen molar-refractivity contribution in [3.05, 3.63) is 47.9 Å². The number of amides is 1. The predicted octanol–water partition coefficient (Wildman–Crippen LogP) is 3.64. The van der Waals surface area contributed by atoms with E-state index in [9.17, 15) is 4.79 Å². The number of aliphatic imine (C=N–C) groups is 1. The zero-order valence-electron chi connectivity index (χ0n) is 17.4. The normalized spacial score (nSPS) is 25.1. The summed E-state index contributed by atoms with van der Waals surface area (Å²) >= 11 is 0. The smallest absolute Gasteiger partial charge is 0.255 e. The highest BCUT2D eigenvalue weighted by Crippen LogP contribution is 2.36. The van der Waals surface area contributed by atoms with E-state index in [0.717, 1.165) is 55.3 Å². The molecule has 5 rings (SSSR count). The Morgan fingerprint density at radius 1 is 1.20 bits per heavy atom. The molecule has 2 aromatic heterocycles. The van der Waals surface area contributed by atoms with Gasteiger partial charge >= 0.3 is 0 Å². The van der Waals surface area contributed by atoms with Crippen LogP contribution < -0.4 is 10.6 Å². The molecule has 1 saturated carbocycles. The van der Waals surface area contributed by atoms with Crippen molar-refractivity contribution in [2.24, 2.45) is 4.99 Å². The number of aryl methyl sites for hydroxylation is 1. The lowest BCUT2D eigenvalue weighted by atomic mass is 9.85. The van der Waals surface area contributed by atoms with Crippen molar-refractivity contribution in [1.82, 2.24) is 14.9 Å². The summed E-state index contributed by atoms with van der Waals surface area (Å²) in [6, 6.07) is 8.08. The van der Waals surface area contributed by atoms with E-state index in [1.54, 1.807) is 12.4 Å². The molecule has 3 aliphatic rings. The molecule has 2 aliphatic heterocycles. The second-order valence-corrected chi connectivity index (χ2v) is 8.67. The summed E-state index contributed by atoms with van der Waals surface area (Å²) in [7, 11) is 0. The van der Waals surface area contributed by atoms with Crippen molar-refractivity contribution in [2.75, 3.05) is 23.7 Å². The van der Waals surface area contributed by atoms with E-state index in [0.29, 0.717) is 18.2 Å². The molecule has 2 fully saturated rings. The Labute approximate surface area is 177 Å². The van der Waals surface area contributed by atoms with Gasteiger partial charge in [-0.1, -0.05) is 12.8 Å². The molecule has 156 valence electrons. The lowest BCUT2D eigenvalue weighted by Gasteiger charge is -2.47. The van der Waals surface area contributed by atoms with Crippen LogP contribution in [0.25, 0.3) is 0 Å². The molecule has 1 atom stereocenters. The van der Waals surface area contributed by atoms with Crippen LogP contribution in [0.4, 0.5) is 11.5 Å². The summed E-state index contributed by atoms with van der Waals surface area (Å²) in [6.45, 7) is 3.25. The second kappa shape index (κ2) is 7.70. The predicted molar refractivity (Wildman–Crippen MR) is 118 cm³/mol. The fourth-order valence-corrected chi connectivity index (χ4v) is 4.83. The SMILES string of the molecule is Cc1ccc(C(=O)N2CCCC3(C2)Nc2cccnc2NC3=NC2CCCC2)cn1. The van der Waals surface area contributed by atoms with Gasteiger partial charge in [0, 0.05) is 24.6 Å². The van der Waals surface area contributed by atoms with E-state index in [1.165, 1.54) is 12.8 Å². The van der Waals surface area contributed by atoms with Crippen LogP contribution in [0.3, 0.4) is 0 Å². The van der Waals surface area contributed by atoms with Crippen molar-refractivity contribution in [3.63, 3.8) is 0 Å². The minimum atomic E-state index is -0.412. The molecule has 1 aliphatic carbocycles. The summed E-state index contributed by atoms with van der Waals surface area (Å²) in [4.78, 5) is 29.1. The van der Waals surface area contributed by atoms with Gasteiger partial charge in [-0.2, -0.15) is 0 Å². The second-order valence-electron chi connectivity index (χ2n) is 8.67. The molecule has 2 aromatic rings. The third-order valence-electron chi connectivity index (χ3n) is 6.45. The van der Waals surface area contributed by atoms with Gasteiger partial charge in [0.25, 0.3) is 5.91 Å². The quantitative estimate of drug-likeness (QED) is 0.799. The van der Waals surface area contributed by atoms with Gasteiger partial charge in [-0.05, 0) is 56.9 Å². The average molecular weight is 405 g/mol. The monoisotopic (exact) mass is 404 g/mol. The zero-order chi connectivity index (χ0) is 20.6. The Morgan fingerprint density at radius 3 is 2.87 bits per heavy atom. The number of nitrogens with one attached hydrogen (secondary N) is 2. The highest BCUT2D eigenvalue weighted by atomic mass is 16.2. The maximum atomic E-state index is 13.2. The number of rotatable bonds is 2. The molecule has 1 spiro atoms. The van der Waals surface area contributed by atoms with Crippen LogP contribution >= 0.6 is 0 Å². The zero-order valence-corrected chi connectivity index (χ0v) is 17.4. The van der Waals surface area contributed by atoms with Gasteiger partial charge in [0.05, 0.1) is 23.8 Å². The summed E-state index contributed by atoms with van der Waals surface area (Å²) < 4.78 is 0. The summed E-state index contributed by atoms with van der Waals surface area (Å²) in [5.41, 5.74) is 2.10. The standard InChI is InChI=1S/C23H28N6O/c1-16-9-10-17(14-25-16)21(30)29-13-5-11-23(15-29)22(26-18-6-2-3-7-18)27-20-19(28-23)8-4-12-24-20/h4,8-10,12,14,18,28H,2-3,5-7,11,13,15H2,1H3,(H,24,26,27). The van der Waals surface area contributed by atoms with Crippen molar-refractivity contribution in [1.29, 1.82) is 0 Å². The van der Waals surface area contributed by atoms with Crippen molar-refractivity contribution < 1.29 is 4.79 Å². The van der Waals surface area contributed by atoms with Crippen LogP contribution in [0.5, 0.6) is 0 Å². The topological polar surface area (TPSA) is 82.5 Å². The Morgan fingerprint density at radius 2 is 2.07 bits per heavy atom. The van der Waals surface area contributed by atoms with Crippen LogP contribution in [0.2, 0.25) is 0 Å². The fourth-order valence-electron chi connectivity index (χ4n) is 4.83. The number of hydrogen-bond donors (Lipinski definition) is 2. The van der Waals surface area contributed by atoms with Gasteiger partial charge in [-0.3, -0.25) is 14.8 Å². The van der Waals surface area contributed by atoms with Crippen LogP contribution in [-0.4, -0.2) is 51.3 Å².